The molecule has 0 aromatic carbocycles. The summed E-state index contributed by atoms with van der Waals surface area (Å²) in [5, 5.41) is 17.1. The zero-order valence-electron chi connectivity index (χ0n) is 19.2. The average molecular weight is 508 g/mol. The molecule has 4 unspecified atom stereocenters. The number of nitrogens with two attached hydrogens (primary N) is 3. The van der Waals surface area contributed by atoms with Gasteiger partial charge in [-0.1, -0.05) is 13.8 Å². The highest BCUT2D eigenvalue weighted by atomic mass is 32.2. The number of hydrogen-bond acceptors (Lipinski definition) is 8. The van der Waals surface area contributed by atoms with Crippen molar-refractivity contribution in [2.24, 2.45) is 28.1 Å². The average Bonchev–Trinajstić information content (AvgIpc) is 2.75. The van der Waals surface area contributed by atoms with E-state index in [2.05, 4.69) is 33.6 Å². The number of carbonyl (C=O) groups is 4. The minimum absolute atomic E-state index is 0.104. The Morgan fingerprint density at radius 3 is 2.09 bits per heavy atom. The Balaban J connectivity index is 5.31. The van der Waals surface area contributed by atoms with Gasteiger partial charge in [-0.2, -0.15) is 24.4 Å². The molecular formula is C19H37N7O5S2. The van der Waals surface area contributed by atoms with Crippen LogP contribution in [0.4, 0.5) is 0 Å². The first kappa shape index (κ1) is 30.8. The minimum Gasteiger partial charge on any atom is -0.480 e. The molecule has 190 valence electrons. The van der Waals surface area contributed by atoms with Crippen molar-refractivity contribution in [2.45, 2.75) is 57.3 Å². The molecule has 0 radical (unpaired) electrons. The summed E-state index contributed by atoms with van der Waals surface area (Å²) in [5.41, 5.74) is 16.2. The van der Waals surface area contributed by atoms with Crippen LogP contribution >= 0.6 is 24.4 Å². The van der Waals surface area contributed by atoms with Gasteiger partial charge < -0.3 is 38.3 Å². The summed E-state index contributed by atoms with van der Waals surface area (Å²) in [4.78, 5) is 53.2. The molecular weight excluding hydrogens is 470 g/mol. The van der Waals surface area contributed by atoms with Gasteiger partial charge in [0.2, 0.25) is 17.7 Å². The van der Waals surface area contributed by atoms with Crippen LogP contribution in [0.2, 0.25) is 0 Å². The van der Waals surface area contributed by atoms with Gasteiger partial charge in [0.1, 0.15) is 18.1 Å². The molecule has 0 spiro atoms. The van der Waals surface area contributed by atoms with Gasteiger partial charge in [-0.3, -0.25) is 19.4 Å². The maximum atomic E-state index is 12.9. The lowest BCUT2D eigenvalue weighted by molar-refractivity contribution is -0.142. The molecule has 0 saturated heterocycles. The fourth-order valence-corrected chi connectivity index (χ4v) is 3.31. The minimum atomic E-state index is -1.21. The lowest BCUT2D eigenvalue weighted by Crippen LogP contribution is -2.58. The highest BCUT2D eigenvalue weighted by molar-refractivity contribution is 7.98. The van der Waals surface area contributed by atoms with Crippen molar-refractivity contribution in [3.63, 3.8) is 0 Å². The molecule has 0 saturated carbocycles. The third kappa shape index (κ3) is 12.6. The van der Waals surface area contributed by atoms with E-state index < -0.39 is 47.9 Å². The van der Waals surface area contributed by atoms with Crippen LogP contribution in [0, 0.1) is 5.92 Å². The Morgan fingerprint density at radius 2 is 1.61 bits per heavy atom. The van der Waals surface area contributed by atoms with Gasteiger partial charge >= 0.3 is 5.97 Å². The number of thiol groups is 1. The van der Waals surface area contributed by atoms with Crippen molar-refractivity contribution in [3.05, 3.63) is 0 Å². The zero-order valence-corrected chi connectivity index (χ0v) is 21.0. The van der Waals surface area contributed by atoms with Gasteiger partial charge in [0, 0.05) is 12.3 Å². The second-order valence-electron chi connectivity index (χ2n) is 7.71. The Kier molecular flexibility index (Phi) is 15.3. The van der Waals surface area contributed by atoms with Gasteiger partial charge in [-0.05, 0) is 37.2 Å². The standard InChI is InChI=1S/C19H37N7O5S2/c1-10(2)14(26-15(27)11(20)9-32)17(29)24-12(6-8-33-3)16(28)25-13(18(30)31)5-4-7-23-19(21)22/h10-14,32H,4-9,20H2,1-3H3,(H,24,29)(H,25,28)(H,26,27)(H,30,31)(H4,21,22,23). The topological polar surface area (TPSA) is 215 Å². The Morgan fingerprint density at radius 1 is 1.00 bits per heavy atom. The number of amides is 3. The number of rotatable bonds is 16. The van der Waals surface area contributed by atoms with Crippen LogP contribution in [0.5, 0.6) is 0 Å². The molecule has 0 aliphatic carbocycles. The highest BCUT2D eigenvalue weighted by Gasteiger charge is 2.31. The predicted octanol–water partition coefficient (Wildman–Crippen LogP) is -1.75. The van der Waals surface area contributed by atoms with Crippen molar-refractivity contribution in [3.8, 4) is 0 Å². The van der Waals surface area contributed by atoms with Crippen molar-refractivity contribution in [1.82, 2.24) is 16.0 Å². The number of hydrogen-bond donors (Lipinski definition) is 8. The molecule has 0 bridgehead atoms. The van der Waals surface area contributed by atoms with Crippen LogP contribution in [0.25, 0.3) is 0 Å². The van der Waals surface area contributed by atoms with E-state index in [4.69, 9.17) is 17.2 Å². The lowest BCUT2D eigenvalue weighted by atomic mass is 10.0. The SMILES string of the molecule is CSCCC(NC(=O)C(NC(=O)C(N)CS)C(C)C)C(=O)NC(CCCN=C(N)N)C(=O)O. The van der Waals surface area contributed by atoms with Crippen molar-refractivity contribution in [1.29, 1.82) is 0 Å². The van der Waals surface area contributed by atoms with E-state index in [9.17, 15) is 24.3 Å². The fraction of sp³-hybridized carbons (Fsp3) is 0.737. The number of carboxylic acid groups (broad SMARTS) is 1. The van der Waals surface area contributed by atoms with Gasteiger partial charge in [-0.25, -0.2) is 4.79 Å². The third-order valence-electron chi connectivity index (χ3n) is 4.58. The van der Waals surface area contributed by atoms with Crippen LogP contribution < -0.4 is 33.2 Å². The summed E-state index contributed by atoms with van der Waals surface area (Å²) in [6.07, 6.45) is 2.56. The van der Waals surface area contributed by atoms with E-state index in [0.29, 0.717) is 12.2 Å². The molecule has 0 aromatic heterocycles. The summed E-state index contributed by atoms with van der Waals surface area (Å²) in [5.74, 6) is -2.67. The number of guanidine groups is 1. The van der Waals surface area contributed by atoms with Crippen LogP contribution in [-0.4, -0.2) is 83.2 Å². The van der Waals surface area contributed by atoms with Crippen molar-refractivity contribution < 1.29 is 24.3 Å². The number of aliphatic imine (C=N–C) groups is 1. The van der Waals surface area contributed by atoms with E-state index in [-0.39, 0.29) is 37.0 Å². The first-order valence-electron chi connectivity index (χ1n) is 10.5. The summed E-state index contributed by atoms with van der Waals surface area (Å²) in [6.45, 7) is 3.70. The van der Waals surface area contributed by atoms with Crippen molar-refractivity contribution in [2.75, 3.05) is 24.3 Å². The molecule has 10 N–H and O–H groups in total. The maximum absolute atomic E-state index is 12.9. The molecule has 3 amide bonds. The first-order valence-corrected chi connectivity index (χ1v) is 12.5. The molecule has 4 atom stereocenters. The van der Waals surface area contributed by atoms with Gasteiger partial charge in [-0.15, -0.1) is 0 Å². The van der Waals surface area contributed by atoms with Gasteiger partial charge in [0.05, 0.1) is 6.04 Å². The number of nitrogens with zero attached hydrogens (tertiary/aromatic N) is 1. The van der Waals surface area contributed by atoms with Crippen molar-refractivity contribution >= 4 is 54.0 Å². The molecule has 0 aromatic rings. The van der Waals surface area contributed by atoms with E-state index in [0.717, 1.165) is 0 Å². The second kappa shape index (κ2) is 16.4. The van der Waals surface area contributed by atoms with E-state index in [1.54, 1.807) is 13.8 Å². The third-order valence-corrected chi connectivity index (χ3v) is 5.62. The predicted molar refractivity (Wildman–Crippen MR) is 133 cm³/mol. The smallest absolute Gasteiger partial charge is 0.326 e. The van der Waals surface area contributed by atoms with Crippen LogP contribution in [0.15, 0.2) is 4.99 Å². The first-order chi connectivity index (χ1) is 15.4. The number of thioether (sulfide) groups is 1. The molecule has 0 fully saturated rings. The van der Waals surface area contributed by atoms with Gasteiger partial charge in [0.25, 0.3) is 0 Å². The van der Waals surface area contributed by atoms with Crippen LogP contribution in [0.3, 0.4) is 0 Å². The lowest BCUT2D eigenvalue weighted by Gasteiger charge is -2.26. The highest BCUT2D eigenvalue weighted by Crippen LogP contribution is 2.08. The summed E-state index contributed by atoms with van der Waals surface area (Å²) in [7, 11) is 0. The summed E-state index contributed by atoms with van der Waals surface area (Å²) in [6, 6.07) is -3.97. The summed E-state index contributed by atoms with van der Waals surface area (Å²) < 4.78 is 0. The molecule has 14 heteroatoms. The van der Waals surface area contributed by atoms with Crippen LogP contribution in [-0.2, 0) is 19.2 Å². The molecule has 0 heterocycles. The number of aliphatic carboxylic acids is 1. The fourth-order valence-electron chi connectivity index (χ4n) is 2.68. The monoisotopic (exact) mass is 507 g/mol. The number of carbonyl (C=O) groups excluding carboxylic acids is 3. The quantitative estimate of drug-likeness (QED) is 0.0513. The number of carboxylic acids is 1. The Labute approximate surface area is 204 Å². The zero-order chi connectivity index (χ0) is 25.6. The van der Waals surface area contributed by atoms with E-state index >= 15 is 0 Å². The van der Waals surface area contributed by atoms with E-state index in [1.807, 2.05) is 6.26 Å². The van der Waals surface area contributed by atoms with Crippen LogP contribution in [0.1, 0.15) is 33.1 Å². The molecule has 0 aliphatic heterocycles. The molecule has 0 aliphatic rings. The molecule has 33 heavy (non-hydrogen) atoms. The summed E-state index contributed by atoms with van der Waals surface area (Å²) >= 11 is 5.45. The largest absolute Gasteiger partial charge is 0.480 e. The van der Waals surface area contributed by atoms with E-state index in [1.165, 1.54) is 11.8 Å². The maximum Gasteiger partial charge on any atom is 0.326 e. The Bertz CT molecular complexity index is 689. The molecule has 12 nitrogen and oxygen atoms in total. The second-order valence-corrected chi connectivity index (χ2v) is 9.06. The molecule has 0 rings (SSSR count). The van der Waals surface area contributed by atoms with Gasteiger partial charge in [0.15, 0.2) is 5.96 Å². The Hall–Kier alpha value is -2.19. The normalized spacial score (nSPS) is 14.5. The number of nitrogens with one attached hydrogen (secondary N) is 3.